The number of phenolic OH excluding ortho intramolecular Hbond substituents is 1. The standard InChI is InChI=1S/C18H15BrN2O4/c1-23-12-7-6-10(14(19)15(12)22)17-20-11-8-9-4-3-5-13(24-2)16(9)25-18(11)21-17/h3-7,22H,8H2,1-2H3,(H,20,21). The summed E-state index contributed by atoms with van der Waals surface area (Å²) in [6.45, 7) is 0. The van der Waals surface area contributed by atoms with Crippen LogP contribution in [0.25, 0.3) is 11.4 Å². The molecule has 0 bridgehead atoms. The number of phenols is 1. The summed E-state index contributed by atoms with van der Waals surface area (Å²) >= 11 is 3.40. The minimum absolute atomic E-state index is 0.0280. The van der Waals surface area contributed by atoms with Crippen molar-refractivity contribution >= 4 is 15.9 Å². The van der Waals surface area contributed by atoms with Crippen LogP contribution in [-0.2, 0) is 6.42 Å². The number of halogens is 1. The lowest BCUT2D eigenvalue weighted by Gasteiger charge is -2.17. The quantitative estimate of drug-likeness (QED) is 0.535. The molecule has 6 nitrogen and oxygen atoms in total. The number of ether oxygens (including phenoxy) is 3. The Kier molecular flexibility index (Phi) is 3.80. The summed E-state index contributed by atoms with van der Waals surface area (Å²) < 4.78 is 16.9. The number of aromatic nitrogens is 2. The Balaban J connectivity index is 1.76. The maximum Gasteiger partial charge on any atom is 0.241 e. The van der Waals surface area contributed by atoms with Crippen LogP contribution in [0.15, 0.2) is 34.8 Å². The van der Waals surface area contributed by atoms with Crippen LogP contribution in [0.5, 0.6) is 28.9 Å². The predicted octanol–water partition coefficient (Wildman–Crippen LogP) is 4.26. The second-order valence-electron chi connectivity index (χ2n) is 5.57. The summed E-state index contributed by atoms with van der Waals surface area (Å²) in [4.78, 5) is 7.81. The maximum atomic E-state index is 10.2. The van der Waals surface area contributed by atoms with Crippen molar-refractivity contribution in [2.45, 2.75) is 6.42 Å². The molecule has 2 N–H and O–H groups in total. The predicted molar refractivity (Wildman–Crippen MR) is 95.8 cm³/mol. The molecule has 0 unspecified atom stereocenters. The van der Waals surface area contributed by atoms with Gasteiger partial charge in [-0.1, -0.05) is 12.1 Å². The van der Waals surface area contributed by atoms with E-state index in [9.17, 15) is 5.11 Å². The molecule has 0 fully saturated rings. The molecule has 0 aliphatic carbocycles. The topological polar surface area (TPSA) is 76.6 Å². The number of nitrogens with one attached hydrogen (secondary N) is 1. The lowest BCUT2D eigenvalue weighted by atomic mass is 10.1. The van der Waals surface area contributed by atoms with Gasteiger partial charge >= 0.3 is 0 Å². The van der Waals surface area contributed by atoms with Gasteiger partial charge in [0, 0.05) is 17.5 Å². The van der Waals surface area contributed by atoms with E-state index in [1.165, 1.54) is 7.11 Å². The number of aromatic amines is 1. The smallest absolute Gasteiger partial charge is 0.241 e. The molecule has 0 saturated heterocycles. The molecule has 1 aliphatic heterocycles. The first-order chi connectivity index (χ1) is 12.1. The lowest BCUT2D eigenvalue weighted by molar-refractivity contribution is 0.366. The zero-order valence-electron chi connectivity index (χ0n) is 13.6. The first kappa shape index (κ1) is 15.8. The third kappa shape index (κ3) is 2.51. The summed E-state index contributed by atoms with van der Waals surface area (Å²) in [6.07, 6.45) is 0.661. The minimum atomic E-state index is 0.0280. The van der Waals surface area contributed by atoms with E-state index in [1.807, 2.05) is 24.3 Å². The zero-order chi connectivity index (χ0) is 17.6. The van der Waals surface area contributed by atoms with Crippen molar-refractivity contribution in [3.8, 4) is 40.3 Å². The molecule has 0 atom stereocenters. The van der Waals surface area contributed by atoms with Gasteiger partial charge in [-0.15, -0.1) is 0 Å². The minimum Gasteiger partial charge on any atom is -0.503 e. The number of benzene rings is 2. The van der Waals surface area contributed by atoms with E-state index in [2.05, 4.69) is 25.9 Å². The molecule has 3 aromatic rings. The van der Waals surface area contributed by atoms with E-state index in [0.717, 1.165) is 11.3 Å². The van der Waals surface area contributed by atoms with Crippen molar-refractivity contribution in [2.75, 3.05) is 14.2 Å². The number of nitrogens with zero attached hydrogens (tertiary/aromatic N) is 1. The summed E-state index contributed by atoms with van der Waals surface area (Å²) in [5, 5.41) is 10.2. The van der Waals surface area contributed by atoms with E-state index in [-0.39, 0.29) is 5.75 Å². The zero-order valence-corrected chi connectivity index (χ0v) is 15.2. The molecule has 1 aromatic heterocycles. The summed E-state index contributed by atoms with van der Waals surface area (Å²) in [5.41, 5.74) is 2.61. The average Bonchev–Trinajstić information content (AvgIpc) is 3.04. The van der Waals surface area contributed by atoms with Gasteiger partial charge in [0.15, 0.2) is 23.0 Å². The van der Waals surface area contributed by atoms with E-state index in [1.54, 1.807) is 13.2 Å². The van der Waals surface area contributed by atoms with Crippen molar-refractivity contribution in [1.29, 1.82) is 0 Å². The molecule has 7 heteroatoms. The summed E-state index contributed by atoms with van der Waals surface area (Å²) in [7, 11) is 3.12. The van der Waals surface area contributed by atoms with Crippen LogP contribution in [0.3, 0.4) is 0 Å². The Bertz CT molecular complexity index is 968. The summed E-state index contributed by atoms with van der Waals surface area (Å²) in [6, 6.07) is 9.30. The highest BCUT2D eigenvalue weighted by molar-refractivity contribution is 9.10. The Morgan fingerprint density at radius 3 is 2.72 bits per heavy atom. The van der Waals surface area contributed by atoms with Crippen molar-refractivity contribution in [3.05, 3.63) is 46.1 Å². The highest BCUT2D eigenvalue weighted by Crippen LogP contribution is 2.44. The van der Waals surface area contributed by atoms with Crippen molar-refractivity contribution in [2.24, 2.45) is 0 Å². The maximum absolute atomic E-state index is 10.2. The number of methoxy groups -OCH3 is 2. The number of aromatic hydroxyl groups is 1. The molecule has 0 saturated carbocycles. The second-order valence-corrected chi connectivity index (χ2v) is 6.37. The first-order valence-corrected chi connectivity index (χ1v) is 8.40. The van der Waals surface area contributed by atoms with Gasteiger partial charge in [0.05, 0.1) is 24.4 Å². The molecule has 1 aliphatic rings. The highest BCUT2D eigenvalue weighted by Gasteiger charge is 2.25. The van der Waals surface area contributed by atoms with Crippen molar-refractivity contribution < 1.29 is 19.3 Å². The lowest BCUT2D eigenvalue weighted by Crippen LogP contribution is -2.04. The largest absolute Gasteiger partial charge is 0.503 e. The van der Waals surface area contributed by atoms with Gasteiger partial charge in [-0.2, -0.15) is 4.98 Å². The van der Waals surface area contributed by atoms with Gasteiger partial charge in [-0.05, 0) is 34.1 Å². The number of hydrogen-bond donors (Lipinski definition) is 2. The van der Waals surface area contributed by atoms with Crippen LogP contribution in [0.4, 0.5) is 0 Å². The third-order valence-electron chi connectivity index (χ3n) is 4.14. The molecule has 2 heterocycles. The van der Waals surface area contributed by atoms with Gasteiger partial charge in [0.2, 0.25) is 5.88 Å². The fourth-order valence-corrected chi connectivity index (χ4v) is 3.40. The van der Waals surface area contributed by atoms with Crippen LogP contribution in [0.2, 0.25) is 0 Å². The molecule has 128 valence electrons. The molecule has 0 radical (unpaired) electrons. The number of imidazole rings is 1. The van der Waals surface area contributed by atoms with Crippen LogP contribution in [0.1, 0.15) is 11.3 Å². The van der Waals surface area contributed by atoms with Gasteiger partial charge < -0.3 is 24.3 Å². The van der Waals surface area contributed by atoms with E-state index < -0.39 is 0 Å². The van der Waals surface area contributed by atoms with Crippen molar-refractivity contribution in [3.63, 3.8) is 0 Å². The third-order valence-corrected chi connectivity index (χ3v) is 4.94. The number of hydrogen-bond acceptors (Lipinski definition) is 5. The Labute approximate surface area is 152 Å². The Morgan fingerprint density at radius 1 is 1.16 bits per heavy atom. The van der Waals surface area contributed by atoms with E-state index in [0.29, 0.717) is 45.4 Å². The van der Waals surface area contributed by atoms with Crippen LogP contribution in [0, 0.1) is 0 Å². The molecule has 2 aromatic carbocycles. The monoisotopic (exact) mass is 402 g/mol. The molecular formula is C18H15BrN2O4. The molecule has 0 spiro atoms. The number of H-pyrrole nitrogens is 1. The Morgan fingerprint density at radius 2 is 1.96 bits per heavy atom. The highest BCUT2D eigenvalue weighted by atomic mass is 79.9. The first-order valence-electron chi connectivity index (χ1n) is 7.60. The van der Waals surface area contributed by atoms with Crippen LogP contribution < -0.4 is 14.2 Å². The van der Waals surface area contributed by atoms with Gasteiger partial charge in [-0.3, -0.25) is 0 Å². The molecular weight excluding hydrogens is 388 g/mol. The van der Waals surface area contributed by atoms with Gasteiger partial charge in [0.1, 0.15) is 5.82 Å². The number of para-hydroxylation sites is 1. The second kappa shape index (κ2) is 6.00. The Hall–Kier alpha value is -2.67. The van der Waals surface area contributed by atoms with Crippen molar-refractivity contribution in [1.82, 2.24) is 9.97 Å². The molecule has 4 rings (SSSR count). The van der Waals surface area contributed by atoms with E-state index in [4.69, 9.17) is 14.2 Å². The van der Waals surface area contributed by atoms with Crippen LogP contribution >= 0.6 is 15.9 Å². The van der Waals surface area contributed by atoms with Gasteiger partial charge in [-0.25, -0.2) is 0 Å². The SMILES string of the molecule is COc1ccc(-c2nc3c([nH]2)Cc2cccc(OC)c2O3)c(Br)c1O. The number of rotatable bonds is 3. The average molecular weight is 403 g/mol. The number of fused-ring (bicyclic) bond motifs is 2. The molecule has 0 amide bonds. The molecule has 25 heavy (non-hydrogen) atoms. The summed E-state index contributed by atoms with van der Waals surface area (Å²) in [5.74, 6) is 2.89. The van der Waals surface area contributed by atoms with Gasteiger partial charge in [0.25, 0.3) is 0 Å². The fourth-order valence-electron chi connectivity index (χ4n) is 2.88. The van der Waals surface area contributed by atoms with E-state index >= 15 is 0 Å². The fraction of sp³-hybridized carbons (Fsp3) is 0.167. The van der Waals surface area contributed by atoms with Crippen LogP contribution in [-0.4, -0.2) is 29.3 Å². The normalized spacial score (nSPS) is 12.1.